The first kappa shape index (κ1) is 18.5. The van der Waals surface area contributed by atoms with E-state index in [1.165, 1.54) is 11.0 Å². The first-order chi connectivity index (χ1) is 11.1. The molecule has 3 unspecified atom stereocenters. The summed E-state index contributed by atoms with van der Waals surface area (Å²) in [7, 11) is 1.62. The standard InChI is InChI=1S/C20H29NO3/c1-13(2)16-9-10-20(3,4)12-17(16)19(24)21(5)18(23)14-7-6-8-15(22)11-14/h6-8,11,16-18,22-23H,1,9-10,12H2,2-5H3. The molecule has 1 aliphatic rings. The molecule has 0 saturated heterocycles. The number of aliphatic hydroxyl groups excluding tert-OH is 1. The number of hydrogen-bond donors (Lipinski definition) is 2. The summed E-state index contributed by atoms with van der Waals surface area (Å²) < 4.78 is 0. The van der Waals surface area contributed by atoms with E-state index in [-0.39, 0.29) is 28.9 Å². The summed E-state index contributed by atoms with van der Waals surface area (Å²) in [4.78, 5) is 14.4. The summed E-state index contributed by atoms with van der Waals surface area (Å²) in [6.07, 6.45) is 1.75. The Morgan fingerprint density at radius 2 is 2.04 bits per heavy atom. The molecule has 0 spiro atoms. The molecule has 24 heavy (non-hydrogen) atoms. The highest BCUT2D eigenvalue weighted by Gasteiger charge is 2.41. The maximum atomic E-state index is 13.1. The molecule has 4 heteroatoms. The van der Waals surface area contributed by atoms with E-state index in [4.69, 9.17) is 0 Å². The van der Waals surface area contributed by atoms with Crippen molar-refractivity contribution in [2.24, 2.45) is 17.3 Å². The monoisotopic (exact) mass is 331 g/mol. The Kier molecular flexibility index (Phi) is 5.38. The minimum Gasteiger partial charge on any atom is -0.508 e. The molecule has 1 amide bonds. The van der Waals surface area contributed by atoms with Gasteiger partial charge in [0, 0.05) is 18.5 Å². The number of phenols is 1. The van der Waals surface area contributed by atoms with Crippen molar-refractivity contribution in [1.82, 2.24) is 4.90 Å². The first-order valence-electron chi connectivity index (χ1n) is 8.51. The molecule has 1 fully saturated rings. The minimum atomic E-state index is -1.07. The normalized spacial score (nSPS) is 24.2. The van der Waals surface area contributed by atoms with Crippen molar-refractivity contribution in [3.8, 4) is 5.75 Å². The van der Waals surface area contributed by atoms with Gasteiger partial charge in [-0.2, -0.15) is 0 Å². The molecular weight excluding hydrogens is 302 g/mol. The van der Waals surface area contributed by atoms with Crippen LogP contribution >= 0.6 is 0 Å². The second-order valence-corrected chi connectivity index (χ2v) is 7.88. The fraction of sp³-hybridized carbons (Fsp3) is 0.550. The van der Waals surface area contributed by atoms with Crippen LogP contribution in [0.2, 0.25) is 0 Å². The average molecular weight is 331 g/mol. The van der Waals surface area contributed by atoms with Gasteiger partial charge in [-0.05, 0) is 49.7 Å². The Labute approximate surface area is 144 Å². The van der Waals surface area contributed by atoms with Gasteiger partial charge in [0.1, 0.15) is 5.75 Å². The number of benzene rings is 1. The number of carbonyl (C=O) groups is 1. The number of amides is 1. The Bertz CT molecular complexity index is 623. The van der Waals surface area contributed by atoms with Crippen LogP contribution in [0.4, 0.5) is 0 Å². The van der Waals surface area contributed by atoms with Crippen LogP contribution in [0.25, 0.3) is 0 Å². The Morgan fingerprint density at radius 3 is 2.62 bits per heavy atom. The minimum absolute atomic E-state index is 0.0633. The largest absolute Gasteiger partial charge is 0.508 e. The molecular formula is C20H29NO3. The summed E-state index contributed by atoms with van der Waals surface area (Å²) in [5, 5.41) is 20.1. The zero-order valence-corrected chi connectivity index (χ0v) is 15.1. The Balaban J connectivity index is 2.22. The summed E-state index contributed by atoms with van der Waals surface area (Å²) >= 11 is 0. The lowest BCUT2D eigenvalue weighted by atomic mass is 9.65. The zero-order chi connectivity index (χ0) is 18.1. The average Bonchev–Trinajstić information content (AvgIpc) is 2.51. The lowest BCUT2D eigenvalue weighted by Gasteiger charge is -2.42. The van der Waals surface area contributed by atoms with Crippen LogP contribution in [0.3, 0.4) is 0 Å². The van der Waals surface area contributed by atoms with E-state index in [1.807, 2.05) is 6.92 Å². The van der Waals surface area contributed by atoms with Gasteiger partial charge in [0.25, 0.3) is 0 Å². The molecule has 1 aliphatic carbocycles. The number of hydrogen-bond acceptors (Lipinski definition) is 3. The quantitative estimate of drug-likeness (QED) is 0.650. The third-order valence-corrected chi connectivity index (χ3v) is 5.22. The number of aromatic hydroxyl groups is 1. The second kappa shape index (κ2) is 6.98. The van der Waals surface area contributed by atoms with Crippen LogP contribution in [0.15, 0.2) is 36.4 Å². The van der Waals surface area contributed by atoms with Gasteiger partial charge in [-0.25, -0.2) is 0 Å². The third kappa shape index (κ3) is 3.99. The van der Waals surface area contributed by atoms with E-state index < -0.39 is 6.23 Å². The molecule has 3 atom stereocenters. The van der Waals surface area contributed by atoms with Crippen LogP contribution in [0, 0.1) is 17.3 Å². The predicted octanol–water partition coefficient (Wildman–Crippen LogP) is 3.86. The van der Waals surface area contributed by atoms with Crippen LogP contribution in [0.1, 0.15) is 51.8 Å². The third-order valence-electron chi connectivity index (χ3n) is 5.22. The molecule has 0 bridgehead atoms. The van der Waals surface area contributed by atoms with Crippen molar-refractivity contribution in [1.29, 1.82) is 0 Å². The van der Waals surface area contributed by atoms with E-state index in [1.54, 1.807) is 25.2 Å². The second-order valence-electron chi connectivity index (χ2n) is 7.88. The number of rotatable bonds is 4. The summed E-state index contributed by atoms with van der Waals surface area (Å²) in [6.45, 7) is 10.4. The van der Waals surface area contributed by atoms with Crippen LogP contribution in [-0.2, 0) is 4.79 Å². The van der Waals surface area contributed by atoms with Crippen LogP contribution < -0.4 is 0 Å². The maximum Gasteiger partial charge on any atom is 0.228 e. The fourth-order valence-electron chi connectivity index (χ4n) is 3.73. The van der Waals surface area contributed by atoms with Crippen molar-refractivity contribution in [3.05, 3.63) is 42.0 Å². The molecule has 0 aromatic heterocycles. The topological polar surface area (TPSA) is 60.8 Å². The molecule has 4 nitrogen and oxygen atoms in total. The molecule has 0 heterocycles. The predicted molar refractivity (Wildman–Crippen MR) is 95.3 cm³/mol. The highest BCUT2D eigenvalue weighted by atomic mass is 16.3. The molecule has 132 valence electrons. The van der Waals surface area contributed by atoms with Gasteiger partial charge >= 0.3 is 0 Å². The Morgan fingerprint density at radius 1 is 1.38 bits per heavy atom. The van der Waals surface area contributed by atoms with Crippen molar-refractivity contribution in [2.75, 3.05) is 7.05 Å². The van der Waals surface area contributed by atoms with E-state index >= 15 is 0 Å². The molecule has 1 aromatic rings. The van der Waals surface area contributed by atoms with E-state index in [0.717, 1.165) is 24.8 Å². The van der Waals surface area contributed by atoms with Crippen molar-refractivity contribution in [2.45, 2.75) is 46.3 Å². The molecule has 1 saturated carbocycles. The Hall–Kier alpha value is -1.81. The summed E-state index contributed by atoms with van der Waals surface area (Å²) in [6, 6.07) is 6.39. The van der Waals surface area contributed by atoms with Gasteiger partial charge in [-0.1, -0.05) is 38.1 Å². The highest BCUT2D eigenvalue weighted by molar-refractivity contribution is 5.80. The summed E-state index contributed by atoms with van der Waals surface area (Å²) in [5.41, 5.74) is 1.65. The smallest absolute Gasteiger partial charge is 0.228 e. The number of allylic oxidation sites excluding steroid dienone is 1. The first-order valence-corrected chi connectivity index (χ1v) is 8.51. The summed E-state index contributed by atoms with van der Waals surface area (Å²) in [5.74, 6) is 0.00480. The molecule has 0 aliphatic heterocycles. The van der Waals surface area contributed by atoms with E-state index in [9.17, 15) is 15.0 Å². The molecule has 2 rings (SSSR count). The zero-order valence-electron chi connectivity index (χ0n) is 15.1. The van der Waals surface area contributed by atoms with Gasteiger partial charge in [-0.15, -0.1) is 0 Å². The number of phenolic OH excluding ortho intramolecular Hbond substituents is 1. The van der Waals surface area contributed by atoms with E-state index in [0.29, 0.717) is 5.56 Å². The van der Waals surface area contributed by atoms with Gasteiger partial charge in [0.05, 0.1) is 0 Å². The maximum absolute atomic E-state index is 13.1. The molecule has 2 N–H and O–H groups in total. The molecule has 1 aromatic carbocycles. The lowest BCUT2D eigenvalue weighted by molar-refractivity contribution is -0.148. The lowest BCUT2D eigenvalue weighted by Crippen LogP contribution is -2.43. The number of aliphatic hydroxyl groups is 1. The van der Waals surface area contributed by atoms with Gasteiger partial charge in [0.15, 0.2) is 6.23 Å². The van der Waals surface area contributed by atoms with Crippen molar-refractivity contribution >= 4 is 5.91 Å². The van der Waals surface area contributed by atoms with Gasteiger partial charge in [0.2, 0.25) is 5.91 Å². The SMILES string of the molecule is C=C(C)C1CCC(C)(C)CC1C(=O)N(C)C(O)c1cccc(O)c1. The van der Waals surface area contributed by atoms with Crippen molar-refractivity contribution in [3.63, 3.8) is 0 Å². The van der Waals surface area contributed by atoms with Crippen LogP contribution in [-0.4, -0.2) is 28.1 Å². The van der Waals surface area contributed by atoms with E-state index in [2.05, 4.69) is 20.4 Å². The van der Waals surface area contributed by atoms with Crippen molar-refractivity contribution < 1.29 is 15.0 Å². The molecule has 0 radical (unpaired) electrons. The number of carbonyl (C=O) groups excluding carboxylic acids is 1. The fourth-order valence-corrected chi connectivity index (χ4v) is 3.73. The van der Waals surface area contributed by atoms with Gasteiger partial charge < -0.3 is 15.1 Å². The van der Waals surface area contributed by atoms with Gasteiger partial charge in [-0.3, -0.25) is 4.79 Å². The highest BCUT2D eigenvalue weighted by Crippen LogP contribution is 2.45. The van der Waals surface area contributed by atoms with Crippen LogP contribution in [0.5, 0.6) is 5.75 Å². The number of nitrogens with zero attached hydrogens (tertiary/aromatic N) is 1.